The van der Waals surface area contributed by atoms with Crippen LogP contribution in [0.15, 0.2) is 24.3 Å². The van der Waals surface area contributed by atoms with Gasteiger partial charge in [-0.05, 0) is 24.0 Å². The third kappa shape index (κ3) is 2.39. The van der Waals surface area contributed by atoms with Gasteiger partial charge < -0.3 is 4.74 Å². The van der Waals surface area contributed by atoms with Crippen molar-refractivity contribution in [2.24, 2.45) is 0 Å². The largest absolute Gasteiger partial charge is 0.355 e. The predicted octanol–water partition coefficient (Wildman–Crippen LogP) is 2.82. The third-order valence-corrected chi connectivity index (χ3v) is 2.86. The van der Waals surface area contributed by atoms with Crippen molar-refractivity contribution in [1.29, 1.82) is 0 Å². The van der Waals surface area contributed by atoms with Crippen LogP contribution in [0.5, 0.6) is 0 Å². The second kappa shape index (κ2) is 4.33. The van der Waals surface area contributed by atoms with E-state index in [9.17, 15) is 0 Å². The van der Waals surface area contributed by atoms with Crippen molar-refractivity contribution in [3.8, 4) is 0 Å². The maximum Gasteiger partial charge on any atom is 0.134 e. The van der Waals surface area contributed by atoms with E-state index in [1.54, 1.807) is 0 Å². The van der Waals surface area contributed by atoms with Crippen LogP contribution in [0.2, 0.25) is 0 Å². The number of hydrogen-bond acceptors (Lipinski definition) is 2. The van der Waals surface area contributed by atoms with Crippen molar-refractivity contribution < 1.29 is 4.74 Å². The molecule has 0 radical (unpaired) electrons. The summed E-state index contributed by atoms with van der Waals surface area (Å²) < 4.78 is 5.74. The minimum absolute atomic E-state index is 0.0845. The molecule has 2 unspecified atom stereocenters. The van der Waals surface area contributed by atoms with Crippen LogP contribution in [0.1, 0.15) is 44.0 Å². The van der Waals surface area contributed by atoms with E-state index in [4.69, 9.17) is 4.74 Å². The van der Waals surface area contributed by atoms with E-state index in [-0.39, 0.29) is 6.23 Å². The van der Waals surface area contributed by atoms with Gasteiger partial charge in [-0.2, -0.15) is 0 Å². The molecule has 82 valence electrons. The Balaban J connectivity index is 2.10. The molecule has 1 aromatic carbocycles. The Morgan fingerprint density at radius 3 is 2.40 bits per heavy atom. The van der Waals surface area contributed by atoms with Crippen molar-refractivity contribution in [3.05, 3.63) is 35.4 Å². The van der Waals surface area contributed by atoms with Crippen LogP contribution in [0.3, 0.4) is 0 Å². The summed E-state index contributed by atoms with van der Waals surface area (Å²) in [7, 11) is 0. The lowest BCUT2D eigenvalue weighted by molar-refractivity contribution is 0.0510. The van der Waals surface area contributed by atoms with Crippen molar-refractivity contribution in [3.63, 3.8) is 0 Å². The molecule has 1 aliphatic heterocycles. The second-order valence-electron chi connectivity index (χ2n) is 4.56. The first-order chi connectivity index (χ1) is 7.16. The Hall–Kier alpha value is -0.860. The summed E-state index contributed by atoms with van der Waals surface area (Å²) in [5, 5.41) is 3.35. The highest BCUT2D eigenvalue weighted by Crippen LogP contribution is 2.23. The highest BCUT2D eigenvalue weighted by molar-refractivity contribution is 5.26. The average Bonchev–Trinajstić information content (AvgIpc) is 2.65. The molecule has 1 aromatic rings. The monoisotopic (exact) mass is 205 g/mol. The third-order valence-electron chi connectivity index (χ3n) is 2.86. The summed E-state index contributed by atoms with van der Waals surface area (Å²) >= 11 is 0. The Morgan fingerprint density at radius 2 is 1.93 bits per heavy atom. The number of benzene rings is 1. The standard InChI is InChI=1S/C13H19NO/c1-9(2)11-4-6-12(7-5-11)13-14-8-10(3)15-13/h4-7,9-10,13-14H,8H2,1-3H3. The molecule has 1 N–H and O–H groups in total. The first-order valence-electron chi connectivity index (χ1n) is 5.65. The molecule has 0 aliphatic carbocycles. The molecule has 2 atom stereocenters. The average molecular weight is 205 g/mol. The molecular formula is C13H19NO. The first-order valence-corrected chi connectivity index (χ1v) is 5.65. The van der Waals surface area contributed by atoms with Gasteiger partial charge >= 0.3 is 0 Å². The van der Waals surface area contributed by atoms with Gasteiger partial charge in [-0.25, -0.2) is 0 Å². The molecule has 1 saturated heterocycles. The van der Waals surface area contributed by atoms with Crippen LogP contribution in [0, 0.1) is 0 Å². The summed E-state index contributed by atoms with van der Waals surface area (Å²) in [5.41, 5.74) is 2.61. The van der Waals surface area contributed by atoms with Gasteiger partial charge in [0.05, 0.1) is 6.10 Å². The number of hydrogen-bond donors (Lipinski definition) is 1. The summed E-state index contributed by atoms with van der Waals surface area (Å²) in [6.45, 7) is 7.45. The quantitative estimate of drug-likeness (QED) is 0.801. The lowest BCUT2D eigenvalue weighted by atomic mass is 10.0. The molecule has 0 bridgehead atoms. The topological polar surface area (TPSA) is 21.3 Å². The van der Waals surface area contributed by atoms with E-state index in [2.05, 4.69) is 50.4 Å². The molecular weight excluding hydrogens is 186 g/mol. The van der Waals surface area contributed by atoms with Gasteiger partial charge in [-0.15, -0.1) is 0 Å². The zero-order valence-corrected chi connectivity index (χ0v) is 9.66. The number of rotatable bonds is 2. The van der Waals surface area contributed by atoms with Gasteiger partial charge in [0, 0.05) is 6.54 Å². The molecule has 1 aliphatic rings. The summed E-state index contributed by atoms with van der Waals surface area (Å²) in [4.78, 5) is 0. The van der Waals surface area contributed by atoms with Crippen LogP contribution in [0.25, 0.3) is 0 Å². The van der Waals surface area contributed by atoms with E-state index < -0.39 is 0 Å². The molecule has 0 aromatic heterocycles. The van der Waals surface area contributed by atoms with Crippen molar-refractivity contribution >= 4 is 0 Å². The Kier molecular flexibility index (Phi) is 3.08. The molecule has 0 amide bonds. The smallest absolute Gasteiger partial charge is 0.134 e. The highest BCUT2D eigenvalue weighted by Gasteiger charge is 2.22. The van der Waals surface area contributed by atoms with Crippen molar-refractivity contribution in [1.82, 2.24) is 5.32 Å². The lowest BCUT2D eigenvalue weighted by Crippen LogP contribution is -2.14. The van der Waals surface area contributed by atoms with Gasteiger partial charge in [-0.1, -0.05) is 38.1 Å². The van der Waals surface area contributed by atoms with Crippen LogP contribution in [0.4, 0.5) is 0 Å². The van der Waals surface area contributed by atoms with Crippen LogP contribution >= 0.6 is 0 Å². The lowest BCUT2D eigenvalue weighted by Gasteiger charge is -2.12. The van der Waals surface area contributed by atoms with Crippen molar-refractivity contribution in [2.45, 2.75) is 39.0 Å². The van der Waals surface area contributed by atoms with Gasteiger partial charge in [0.1, 0.15) is 6.23 Å². The maximum atomic E-state index is 5.74. The molecule has 0 saturated carbocycles. The summed E-state index contributed by atoms with van der Waals surface area (Å²) in [6.07, 6.45) is 0.404. The Morgan fingerprint density at radius 1 is 1.27 bits per heavy atom. The molecule has 1 fully saturated rings. The minimum Gasteiger partial charge on any atom is -0.355 e. The Bertz CT molecular complexity index is 318. The van der Waals surface area contributed by atoms with E-state index in [0.29, 0.717) is 12.0 Å². The molecule has 2 nitrogen and oxygen atoms in total. The van der Waals surface area contributed by atoms with E-state index in [1.807, 2.05) is 0 Å². The zero-order chi connectivity index (χ0) is 10.8. The second-order valence-corrected chi connectivity index (χ2v) is 4.56. The highest BCUT2D eigenvalue weighted by atomic mass is 16.5. The summed E-state index contributed by atoms with van der Waals surface area (Å²) in [5.74, 6) is 0.593. The van der Waals surface area contributed by atoms with Gasteiger partial charge in [-0.3, -0.25) is 5.32 Å². The number of nitrogens with one attached hydrogen (secondary N) is 1. The fraction of sp³-hybridized carbons (Fsp3) is 0.538. The first kappa shape index (κ1) is 10.7. The molecule has 0 spiro atoms. The predicted molar refractivity (Wildman–Crippen MR) is 61.8 cm³/mol. The Labute approximate surface area is 91.6 Å². The van der Waals surface area contributed by atoms with Crippen LogP contribution < -0.4 is 5.32 Å². The van der Waals surface area contributed by atoms with Gasteiger partial charge in [0.2, 0.25) is 0 Å². The zero-order valence-electron chi connectivity index (χ0n) is 9.66. The minimum atomic E-state index is 0.0845. The normalized spacial score (nSPS) is 26.1. The van der Waals surface area contributed by atoms with E-state index in [0.717, 1.165) is 6.54 Å². The molecule has 2 rings (SSSR count). The van der Waals surface area contributed by atoms with E-state index >= 15 is 0 Å². The van der Waals surface area contributed by atoms with Crippen molar-refractivity contribution in [2.75, 3.05) is 6.54 Å². The van der Waals surface area contributed by atoms with Gasteiger partial charge in [0.15, 0.2) is 0 Å². The fourth-order valence-electron chi connectivity index (χ4n) is 1.85. The molecule has 1 heterocycles. The maximum absolute atomic E-state index is 5.74. The molecule has 2 heteroatoms. The fourth-order valence-corrected chi connectivity index (χ4v) is 1.85. The number of ether oxygens (including phenoxy) is 1. The van der Waals surface area contributed by atoms with Gasteiger partial charge in [0.25, 0.3) is 0 Å². The van der Waals surface area contributed by atoms with Crippen LogP contribution in [-0.2, 0) is 4.74 Å². The summed E-state index contributed by atoms with van der Waals surface area (Å²) in [6, 6.07) is 8.69. The van der Waals surface area contributed by atoms with E-state index in [1.165, 1.54) is 11.1 Å². The SMILES string of the molecule is CC1CNC(c2ccc(C(C)C)cc2)O1. The molecule has 15 heavy (non-hydrogen) atoms. The van der Waals surface area contributed by atoms with Crippen LogP contribution in [-0.4, -0.2) is 12.6 Å².